The molecule has 1 aliphatic heterocycles. The molecule has 7 nitrogen and oxygen atoms in total. The summed E-state index contributed by atoms with van der Waals surface area (Å²) >= 11 is 0. The first-order valence-corrected chi connectivity index (χ1v) is 12.7. The Kier molecular flexibility index (Phi) is 6.93. The minimum atomic E-state index is -4.79. The number of hydrogen-bond acceptors (Lipinski definition) is 6. The van der Waals surface area contributed by atoms with E-state index in [0.29, 0.717) is 24.5 Å². The lowest BCUT2D eigenvalue weighted by atomic mass is 10.0. The van der Waals surface area contributed by atoms with Crippen molar-refractivity contribution in [2.75, 3.05) is 22.7 Å². The maximum Gasteiger partial charge on any atom is 0.418 e. The second kappa shape index (κ2) is 9.66. The highest BCUT2D eigenvalue weighted by atomic mass is 32.2. The van der Waals surface area contributed by atoms with Gasteiger partial charge in [-0.2, -0.15) is 21.6 Å². The van der Waals surface area contributed by atoms with Crippen molar-refractivity contribution in [1.29, 1.82) is 0 Å². The van der Waals surface area contributed by atoms with Crippen molar-refractivity contribution in [3.63, 3.8) is 0 Å². The number of benzene rings is 1. The standard InChI is InChI=1S/C24H25F4N5O2S/c1-14-7-8-17(25)11-18(14)23-19(24(26,27)28)9-10-20(30-23)32-36(34,35)22-6-4-5-21(31-22)33-12-15(2)29-16(3)13-33/h4-11,15-16,29H,12-13H2,1-3H3,(H,30,32)/t15-,16+. The predicted octanol–water partition coefficient (Wildman–Crippen LogP) is 4.60. The van der Waals surface area contributed by atoms with Crippen LogP contribution in [0.2, 0.25) is 0 Å². The number of hydrogen-bond donors (Lipinski definition) is 2. The third kappa shape index (κ3) is 5.59. The fourth-order valence-electron chi connectivity index (χ4n) is 4.23. The van der Waals surface area contributed by atoms with Gasteiger partial charge in [0, 0.05) is 30.7 Å². The molecule has 12 heteroatoms. The van der Waals surface area contributed by atoms with E-state index in [2.05, 4.69) is 20.0 Å². The highest BCUT2D eigenvalue weighted by Gasteiger charge is 2.35. The summed E-state index contributed by atoms with van der Waals surface area (Å²) in [4.78, 5) is 10.2. The Hall–Kier alpha value is -3.25. The highest BCUT2D eigenvalue weighted by Crippen LogP contribution is 2.38. The van der Waals surface area contributed by atoms with E-state index in [9.17, 15) is 26.0 Å². The van der Waals surface area contributed by atoms with Crippen LogP contribution < -0.4 is 14.9 Å². The SMILES string of the molecule is Cc1ccc(F)cc1-c1nc(NS(=O)(=O)c2cccc(N3C[C@@H](C)N[C@@H](C)C3)n2)ccc1C(F)(F)F. The molecule has 3 aromatic rings. The van der Waals surface area contributed by atoms with Crippen LogP contribution in [0.15, 0.2) is 53.6 Å². The van der Waals surface area contributed by atoms with Crippen molar-refractivity contribution in [3.8, 4) is 11.3 Å². The van der Waals surface area contributed by atoms with Gasteiger partial charge in [-0.3, -0.25) is 4.72 Å². The van der Waals surface area contributed by atoms with E-state index in [1.807, 2.05) is 18.7 Å². The molecule has 0 bridgehead atoms. The maximum absolute atomic E-state index is 13.9. The lowest BCUT2D eigenvalue weighted by Gasteiger charge is -2.37. The molecule has 2 atom stereocenters. The van der Waals surface area contributed by atoms with Gasteiger partial charge in [-0.1, -0.05) is 12.1 Å². The summed E-state index contributed by atoms with van der Waals surface area (Å²) in [6, 6.07) is 9.92. The molecule has 192 valence electrons. The lowest BCUT2D eigenvalue weighted by Crippen LogP contribution is -2.54. The molecule has 0 saturated carbocycles. The summed E-state index contributed by atoms with van der Waals surface area (Å²) in [5.41, 5.74) is -1.43. The number of piperazine rings is 1. The number of sulfonamides is 1. The number of pyridine rings is 2. The van der Waals surface area contributed by atoms with E-state index < -0.39 is 33.3 Å². The summed E-state index contributed by atoms with van der Waals surface area (Å²) in [7, 11) is -4.29. The fourth-order valence-corrected chi connectivity index (χ4v) is 5.20. The average Bonchev–Trinajstić information content (AvgIpc) is 2.79. The number of halogens is 4. The molecule has 0 aliphatic carbocycles. The number of alkyl halides is 3. The molecule has 3 heterocycles. The summed E-state index contributed by atoms with van der Waals surface area (Å²) < 4.78 is 83.3. The average molecular weight is 524 g/mol. The zero-order valence-electron chi connectivity index (χ0n) is 19.8. The van der Waals surface area contributed by atoms with Crippen LogP contribution in [0.1, 0.15) is 25.0 Å². The molecule has 1 saturated heterocycles. The Morgan fingerprint density at radius 2 is 1.72 bits per heavy atom. The lowest BCUT2D eigenvalue weighted by molar-refractivity contribution is -0.137. The molecule has 4 rings (SSSR count). The number of rotatable bonds is 5. The number of nitrogens with zero attached hydrogens (tertiary/aromatic N) is 3. The van der Waals surface area contributed by atoms with Crippen molar-refractivity contribution in [2.45, 2.75) is 44.1 Å². The Morgan fingerprint density at radius 1 is 1.03 bits per heavy atom. The largest absolute Gasteiger partial charge is 0.418 e. The molecule has 1 aromatic carbocycles. The van der Waals surface area contributed by atoms with Crippen molar-refractivity contribution in [2.24, 2.45) is 0 Å². The van der Waals surface area contributed by atoms with E-state index in [0.717, 1.165) is 24.3 Å². The van der Waals surface area contributed by atoms with E-state index in [4.69, 9.17) is 0 Å². The molecule has 1 fully saturated rings. The minimum absolute atomic E-state index is 0.0922. The van der Waals surface area contributed by atoms with E-state index in [1.165, 1.54) is 19.1 Å². The van der Waals surface area contributed by atoms with Gasteiger partial charge in [0.2, 0.25) is 0 Å². The second-order valence-corrected chi connectivity index (χ2v) is 10.5. The molecule has 0 amide bonds. The van der Waals surface area contributed by atoms with Gasteiger partial charge in [0.05, 0.1) is 11.3 Å². The van der Waals surface area contributed by atoms with Crippen molar-refractivity contribution in [3.05, 3.63) is 65.5 Å². The monoisotopic (exact) mass is 523 g/mol. The van der Waals surface area contributed by atoms with Gasteiger partial charge in [0.15, 0.2) is 5.03 Å². The zero-order chi connectivity index (χ0) is 26.3. The topological polar surface area (TPSA) is 87.2 Å². The third-order valence-electron chi connectivity index (χ3n) is 5.76. The molecule has 2 aromatic heterocycles. The molecule has 0 radical (unpaired) electrons. The maximum atomic E-state index is 13.9. The number of aromatic nitrogens is 2. The van der Waals surface area contributed by atoms with Crippen LogP contribution in [0.4, 0.5) is 29.2 Å². The Bertz CT molecular complexity index is 1370. The minimum Gasteiger partial charge on any atom is -0.353 e. The molecular formula is C24H25F4N5O2S. The zero-order valence-corrected chi connectivity index (χ0v) is 20.6. The first-order valence-electron chi connectivity index (χ1n) is 11.2. The number of aryl methyl sites for hydroxylation is 1. The van der Waals surface area contributed by atoms with Crippen LogP contribution in [-0.4, -0.2) is 43.6 Å². The van der Waals surface area contributed by atoms with Gasteiger partial charge in [-0.25, -0.2) is 14.4 Å². The second-order valence-electron chi connectivity index (χ2n) is 8.86. The van der Waals surface area contributed by atoms with Crippen molar-refractivity contribution in [1.82, 2.24) is 15.3 Å². The van der Waals surface area contributed by atoms with Gasteiger partial charge in [0.25, 0.3) is 10.0 Å². The van der Waals surface area contributed by atoms with Crippen molar-refractivity contribution >= 4 is 21.7 Å². The molecule has 2 N–H and O–H groups in total. The number of nitrogens with one attached hydrogen (secondary N) is 2. The van der Waals surface area contributed by atoms with E-state index in [-0.39, 0.29) is 28.5 Å². The Balaban J connectivity index is 1.69. The van der Waals surface area contributed by atoms with Gasteiger partial charge < -0.3 is 10.2 Å². The molecule has 1 aliphatic rings. The summed E-state index contributed by atoms with van der Waals surface area (Å²) in [5.74, 6) is -0.623. The first kappa shape index (κ1) is 25.8. The molecular weight excluding hydrogens is 498 g/mol. The summed E-state index contributed by atoms with van der Waals surface area (Å²) in [5, 5.41) is 3.08. The van der Waals surface area contributed by atoms with Crippen LogP contribution in [0, 0.1) is 12.7 Å². The predicted molar refractivity (Wildman–Crippen MR) is 129 cm³/mol. The normalized spacial score (nSPS) is 18.8. The molecule has 0 spiro atoms. The summed E-state index contributed by atoms with van der Waals surface area (Å²) in [6.07, 6.45) is -4.79. The van der Waals surface area contributed by atoms with E-state index >= 15 is 0 Å². The van der Waals surface area contributed by atoms with Crippen LogP contribution in [-0.2, 0) is 16.2 Å². The van der Waals surface area contributed by atoms with Gasteiger partial charge in [-0.15, -0.1) is 0 Å². The van der Waals surface area contributed by atoms with Gasteiger partial charge in [-0.05, 0) is 62.7 Å². The fraction of sp³-hybridized carbons (Fsp3) is 0.333. The van der Waals surface area contributed by atoms with E-state index in [1.54, 1.807) is 12.1 Å². The highest BCUT2D eigenvalue weighted by molar-refractivity contribution is 7.92. The Labute approximate surface area is 206 Å². The van der Waals surface area contributed by atoms with Gasteiger partial charge in [0.1, 0.15) is 17.5 Å². The third-order valence-corrected chi connectivity index (χ3v) is 7.02. The van der Waals surface area contributed by atoms with Crippen LogP contribution in [0.3, 0.4) is 0 Å². The number of anilines is 2. The molecule has 0 unspecified atom stereocenters. The quantitative estimate of drug-likeness (QED) is 0.476. The van der Waals surface area contributed by atoms with Gasteiger partial charge >= 0.3 is 6.18 Å². The van der Waals surface area contributed by atoms with Crippen LogP contribution in [0.5, 0.6) is 0 Å². The first-order chi connectivity index (χ1) is 16.8. The van der Waals surface area contributed by atoms with Crippen molar-refractivity contribution < 1.29 is 26.0 Å². The van der Waals surface area contributed by atoms with Crippen LogP contribution >= 0.6 is 0 Å². The summed E-state index contributed by atoms with van der Waals surface area (Å²) in [6.45, 7) is 6.80. The molecule has 36 heavy (non-hydrogen) atoms. The Morgan fingerprint density at radius 3 is 2.39 bits per heavy atom. The smallest absolute Gasteiger partial charge is 0.353 e. The van der Waals surface area contributed by atoms with Crippen LogP contribution in [0.25, 0.3) is 11.3 Å².